The SMILES string of the molecule is CCCCOCCCN=C(NCC)NCCS(=O)(=O)NCC1CCCCO1.I. The number of unbranched alkanes of at least 4 members (excludes halogenated alkanes) is 1. The molecule has 1 fully saturated rings. The zero-order chi connectivity index (χ0) is 19.8. The molecule has 1 aliphatic heterocycles. The van der Waals surface area contributed by atoms with Gasteiger partial charge in [0.15, 0.2) is 5.96 Å². The van der Waals surface area contributed by atoms with Crippen molar-refractivity contribution < 1.29 is 17.9 Å². The van der Waals surface area contributed by atoms with E-state index in [0.717, 1.165) is 58.3 Å². The molecule has 1 aliphatic rings. The minimum absolute atomic E-state index is 0. The van der Waals surface area contributed by atoms with Gasteiger partial charge in [-0.15, -0.1) is 24.0 Å². The standard InChI is InChI=1S/C18H38N4O4S.HI/c1-3-5-12-25-13-8-10-20-18(19-4-2)21-11-15-27(23,24)22-16-17-9-6-7-14-26-17;/h17,22H,3-16H2,1-2H3,(H2,19,20,21);1H. The molecule has 3 N–H and O–H groups in total. The van der Waals surface area contributed by atoms with Gasteiger partial charge in [-0.25, -0.2) is 13.1 Å². The van der Waals surface area contributed by atoms with Crippen molar-refractivity contribution in [2.24, 2.45) is 4.99 Å². The van der Waals surface area contributed by atoms with Gasteiger partial charge in [0.1, 0.15) is 0 Å². The monoisotopic (exact) mass is 534 g/mol. The lowest BCUT2D eigenvalue weighted by Crippen LogP contribution is -2.42. The average molecular weight is 535 g/mol. The number of rotatable bonds is 14. The molecule has 0 aromatic heterocycles. The predicted octanol–water partition coefficient (Wildman–Crippen LogP) is 1.85. The van der Waals surface area contributed by atoms with Crippen LogP contribution in [0.3, 0.4) is 0 Å². The zero-order valence-corrected chi connectivity index (χ0v) is 20.5. The minimum Gasteiger partial charge on any atom is -0.381 e. The quantitative estimate of drug-likeness (QED) is 0.136. The van der Waals surface area contributed by atoms with E-state index in [1.165, 1.54) is 0 Å². The largest absolute Gasteiger partial charge is 0.381 e. The summed E-state index contributed by atoms with van der Waals surface area (Å²) in [5, 5.41) is 6.20. The van der Waals surface area contributed by atoms with Crippen LogP contribution in [0.1, 0.15) is 52.4 Å². The normalized spacial score (nSPS) is 17.8. The maximum Gasteiger partial charge on any atom is 0.213 e. The highest BCUT2D eigenvalue weighted by Crippen LogP contribution is 2.11. The second kappa shape index (κ2) is 17.7. The molecular weight excluding hydrogens is 495 g/mol. The number of nitrogens with zero attached hydrogens (tertiary/aromatic N) is 1. The molecule has 1 rings (SSSR count). The summed E-state index contributed by atoms with van der Waals surface area (Å²) in [5.74, 6) is 0.640. The molecule has 8 nitrogen and oxygen atoms in total. The lowest BCUT2D eigenvalue weighted by atomic mass is 10.1. The number of nitrogens with one attached hydrogen (secondary N) is 3. The first-order chi connectivity index (χ1) is 13.1. The third-order valence-electron chi connectivity index (χ3n) is 4.17. The molecule has 0 amide bonds. The van der Waals surface area contributed by atoms with Crippen molar-refractivity contribution in [3.63, 3.8) is 0 Å². The summed E-state index contributed by atoms with van der Waals surface area (Å²) in [4.78, 5) is 4.45. The molecule has 0 bridgehead atoms. The van der Waals surface area contributed by atoms with Crippen LogP contribution >= 0.6 is 24.0 Å². The molecule has 1 saturated heterocycles. The first kappa shape index (κ1) is 27.8. The van der Waals surface area contributed by atoms with E-state index in [2.05, 4.69) is 27.3 Å². The molecular formula is C18H39IN4O4S. The van der Waals surface area contributed by atoms with Gasteiger partial charge in [-0.3, -0.25) is 4.99 Å². The molecule has 0 aromatic rings. The molecule has 1 heterocycles. The topological polar surface area (TPSA) is 101 Å². The van der Waals surface area contributed by atoms with E-state index in [9.17, 15) is 8.42 Å². The maximum atomic E-state index is 12.1. The van der Waals surface area contributed by atoms with Crippen LogP contribution in [0.15, 0.2) is 4.99 Å². The molecule has 0 radical (unpaired) electrons. The summed E-state index contributed by atoms with van der Waals surface area (Å²) in [6.07, 6.45) is 6.15. The van der Waals surface area contributed by atoms with Gasteiger partial charge in [0, 0.05) is 46.0 Å². The van der Waals surface area contributed by atoms with E-state index < -0.39 is 10.0 Å². The number of hydrogen-bond acceptors (Lipinski definition) is 5. The van der Waals surface area contributed by atoms with Crippen LogP contribution in [0.2, 0.25) is 0 Å². The minimum atomic E-state index is -3.32. The van der Waals surface area contributed by atoms with Gasteiger partial charge in [-0.2, -0.15) is 0 Å². The van der Waals surface area contributed by atoms with Gasteiger partial charge < -0.3 is 20.1 Å². The molecule has 0 aromatic carbocycles. The van der Waals surface area contributed by atoms with Crippen LogP contribution < -0.4 is 15.4 Å². The highest BCUT2D eigenvalue weighted by molar-refractivity contribution is 14.0. The lowest BCUT2D eigenvalue weighted by molar-refractivity contribution is 0.0200. The molecule has 28 heavy (non-hydrogen) atoms. The Morgan fingerprint density at radius 2 is 1.96 bits per heavy atom. The van der Waals surface area contributed by atoms with E-state index in [1.807, 2.05) is 6.92 Å². The van der Waals surface area contributed by atoms with Crippen molar-refractivity contribution in [1.82, 2.24) is 15.4 Å². The number of hydrogen-bond donors (Lipinski definition) is 3. The molecule has 0 spiro atoms. The van der Waals surface area contributed by atoms with Crippen molar-refractivity contribution >= 4 is 40.0 Å². The fraction of sp³-hybridized carbons (Fsp3) is 0.944. The summed E-state index contributed by atoms with van der Waals surface area (Å²) in [7, 11) is -3.32. The molecule has 0 aliphatic carbocycles. The van der Waals surface area contributed by atoms with E-state index in [1.54, 1.807) is 0 Å². The molecule has 0 saturated carbocycles. The Labute approximate surface area is 188 Å². The number of aliphatic imine (C=N–C) groups is 1. The van der Waals surface area contributed by atoms with Crippen LogP contribution in [0.25, 0.3) is 0 Å². The Balaban J connectivity index is 0.00000729. The van der Waals surface area contributed by atoms with Crippen LogP contribution in [-0.4, -0.2) is 72.2 Å². The van der Waals surface area contributed by atoms with Gasteiger partial charge in [0.25, 0.3) is 0 Å². The summed E-state index contributed by atoms with van der Waals surface area (Å²) in [5.41, 5.74) is 0. The summed E-state index contributed by atoms with van der Waals surface area (Å²) in [6.45, 7) is 8.37. The van der Waals surface area contributed by atoms with Crippen LogP contribution in [0, 0.1) is 0 Å². The number of ether oxygens (including phenoxy) is 2. The van der Waals surface area contributed by atoms with Crippen LogP contribution in [-0.2, 0) is 19.5 Å². The summed E-state index contributed by atoms with van der Waals surface area (Å²) < 4.78 is 37.9. The van der Waals surface area contributed by atoms with Crippen LogP contribution in [0.5, 0.6) is 0 Å². The third-order valence-corrected chi connectivity index (χ3v) is 5.52. The van der Waals surface area contributed by atoms with Crippen molar-refractivity contribution in [3.8, 4) is 0 Å². The summed E-state index contributed by atoms with van der Waals surface area (Å²) in [6, 6.07) is 0. The first-order valence-corrected chi connectivity index (χ1v) is 11.9. The highest BCUT2D eigenvalue weighted by atomic mass is 127. The number of guanidine groups is 1. The summed E-state index contributed by atoms with van der Waals surface area (Å²) >= 11 is 0. The Morgan fingerprint density at radius 1 is 1.18 bits per heavy atom. The zero-order valence-electron chi connectivity index (χ0n) is 17.4. The van der Waals surface area contributed by atoms with Crippen LogP contribution in [0.4, 0.5) is 0 Å². The van der Waals surface area contributed by atoms with E-state index in [-0.39, 0.29) is 35.8 Å². The highest BCUT2D eigenvalue weighted by Gasteiger charge is 2.17. The predicted molar refractivity (Wildman–Crippen MR) is 125 cm³/mol. The van der Waals surface area contributed by atoms with Gasteiger partial charge >= 0.3 is 0 Å². The Morgan fingerprint density at radius 3 is 2.64 bits per heavy atom. The third kappa shape index (κ3) is 14.8. The molecule has 1 unspecified atom stereocenters. The van der Waals surface area contributed by atoms with Gasteiger partial charge in [0.05, 0.1) is 11.9 Å². The first-order valence-electron chi connectivity index (χ1n) is 10.3. The smallest absolute Gasteiger partial charge is 0.213 e. The molecule has 168 valence electrons. The molecule has 10 heteroatoms. The van der Waals surface area contributed by atoms with Crippen molar-refractivity contribution in [3.05, 3.63) is 0 Å². The van der Waals surface area contributed by atoms with E-state index >= 15 is 0 Å². The second-order valence-electron chi connectivity index (χ2n) is 6.66. The van der Waals surface area contributed by atoms with Gasteiger partial charge in [-0.05, 0) is 39.0 Å². The van der Waals surface area contributed by atoms with E-state index in [0.29, 0.717) is 32.2 Å². The van der Waals surface area contributed by atoms with Crippen molar-refractivity contribution in [1.29, 1.82) is 0 Å². The maximum absolute atomic E-state index is 12.1. The number of halogens is 1. The Bertz CT molecular complexity index is 500. The van der Waals surface area contributed by atoms with Crippen molar-refractivity contribution in [2.75, 3.05) is 51.8 Å². The average Bonchev–Trinajstić information content (AvgIpc) is 2.66. The van der Waals surface area contributed by atoms with Gasteiger partial charge in [-0.1, -0.05) is 13.3 Å². The van der Waals surface area contributed by atoms with Crippen molar-refractivity contribution in [2.45, 2.75) is 58.5 Å². The second-order valence-corrected chi connectivity index (χ2v) is 8.59. The molecule has 1 atom stereocenters. The fourth-order valence-electron chi connectivity index (χ4n) is 2.61. The van der Waals surface area contributed by atoms with Gasteiger partial charge in [0.2, 0.25) is 10.0 Å². The van der Waals surface area contributed by atoms with E-state index in [4.69, 9.17) is 9.47 Å². The Hall–Kier alpha value is -0.170. The lowest BCUT2D eigenvalue weighted by Gasteiger charge is -2.22. The fourth-order valence-corrected chi connectivity index (χ4v) is 3.57. The number of sulfonamides is 1. The Kier molecular flexibility index (Phi) is 17.6.